The van der Waals surface area contributed by atoms with Gasteiger partial charge in [0.25, 0.3) is 0 Å². The molecule has 7 heteroatoms. The first-order valence-corrected chi connectivity index (χ1v) is 10.2. The average Bonchev–Trinajstić information content (AvgIpc) is 3.03. The summed E-state index contributed by atoms with van der Waals surface area (Å²) < 4.78 is 5.36. The number of aliphatic imine (C=N–C) groups is 1. The summed E-state index contributed by atoms with van der Waals surface area (Å²) in [5.74, 6) is 1.73. The van der Waals surface area contributed by atoms with Crippen LogP contribution in [0.3, 0.4) is 0 Å². The Balaban J connectivity index is 1.56. The van der Waals surface area contributed by atoms with Crippen molar-refractivity contribution in [1.29, 1.82) is 0 Å². The molecule has 0 spiro atoms. The average molecular weight is 388 g/mol. The van der Waals surface area contributed by atoms with Crippen LogP contribution in [0.2, 0.25) is 0 Å². The fourth-order valence-electron chi connectivity index (χ4n) is 3.30. The molecule has 3 rings (SSSR count). The Morgan fingerprint density at radius 2 is 2.26 bits per heavy atom. The van der Waals surface area contributed by atoms with E-state index in [1.165, 1.54) is 10.6 Å². The molecule has 27 heavy (non-hydrogen) atoms. The maximum Gasteiger partial charge on any atom is 0.191 e. The minimum Gasteiger partial charge on any atom is -0.497 e. The Labute approximate surface area is 165 Å². The first-order valence-electron chi connectivity index (χ1n) is 9.38. The van der Waals surface area contributed by atoms with Crippen molar-refractivity contribution >= 4 is 23.0 Å². The summed E-state index contributed by atoms with van der Waals surface area (Å²) in [6, 6.07) is 8.63. The van der Waals surface area contributed by atoms with Gasteiger partial charge in [0, 0.05) is 42.8 Å². The molecule has 2 aromatic rings. The molecular formula is C20H29N5OS. The third-order valence-corrected chi connectivity index (χ3v) is 5.96. The summed E-state index contributed by atoms with van der Waals surface area (Å²) in [6.07, 6.45) is 2.29. The number of anilines is 1. The van der Waals surface area contributed by atoms with Crippen LogP contribution in [0.15, 0.2) is 29.3 Å². The summed E-state index contributed by atoms with van der Waals surface area (Å²) >= 11 is 1.74. The van der Waals surface area contributed by atoms with Gasteiger partial charge in [0.1, 0.15) is 10.8 Å². The van der Waals surface area contributed by atoms with E-state index in [0.29, 0.717) is 12.6 Å². The highest BCUT2D eigenvalue weighted by Gasteiger charge is 2.21. The number of aromatic nitrogens is 1. The Kier molecular flexibility index (Phi) is 6.55. The zero-order valence-electron chi connectivity index (χ0n) is 16.6. The third kappa shape index (κ3) is 5.13. The van der Waals surface area contributed by atoms with Gasteiger partial charge in [-0.25, -0.2) is 4.98 Å². The number of aryl methyl sites for hydroxylation is 2. The predicted octanol–water partition coefficient (Wildman–Crippen LogP) is 3.10. The van der Waals surface area contributed by atoms with Crippen molar-refractivity contribution < 1.29 is 4.74 Å². The second kappa shape index (κ2) is 9.08. The first kappa shape index (κ1) is 19.5. The van der Waals surface area contributed by atoms with Crippen LogP contribution in [0, 0.1) is 13.8 Å². The Morgan fingerprint density at radius 3 is 2.96 bits per heavy atom. The van der Waals surface area contributed by atoms with Crippen LogP contribution >= 0.6 is 11.3 Å². The quantitative estimate of drug-likeness (QED) is 0.610. The zero-order valence-corrected chi connectivity index (χ0v) is 17.4. The van der Waals surface area contributed by atoms with E-state index >= 15 is 0 Å². The van der Waals surface area contributed by atoms with Crippen molar-refractivity contribution in [3.8, 4) is 5.75 Å². The largest absolute Gasteiger partial charge is 0.497 e. The van der Waals surface area contributed by atoms with E-state index in [0.717, 1.165) is 48.3 Å². The van der Waals surface area contributed by atoms with E-state index < -0.39 is 0 Å². The molecule has 1 aliphatic heterocycles. The molecule has 1 fully saturated rings. The number of nitrogens with zero attached hydrogens (tertiary/aromatic N) is 3. The van der Waals surface area contributed by atoms with Crippen molar-refractivity contribution in [3.63, 3.8) is 0 Å². The van der Waals surface area contributed by atoms with E-state index in [4.69, 9.17) is 4.74 Å². The van der Waals surface area contributed by atoms with Crippen LogP contribution in [0.5, 0.6) is 5.75 Å². The number of hydrogen-bond donors (Lipinski definition) is 2. The van der Waals surface area contributed by atoms with Crippen molar-refractivity contribution in [3.05, 3.63) is 39.8 Å². The van der Waals surface area contributed by atoms with E-state index in [2.05, 4.69) is 51.5 Å². The summed E-state index contributed by atoms with van der Waals surface area (Å²) in [5, 5.41) is 8.06. The van der Waals surface area contributed by atoms with Crippen molar-refractivity contribution in [2.45, 2.75) is 39.3 Å². The van der Waals surface area contributed by atoms with Crippen molar-refractivity contribution in [2.75, 3.05) is 32.1 Å². The van der Waals surface area contributed by atoms with Gasteiger partial charge in [-0.3, -0.25) is 4.99 Å². The minimum atomic E-state index is 0.357. The highest BCUT2D eigenvalue weighted by molar-refractivity contribution is 7.11. The molecule has 1 aromatic carbocycles. The minimum absolute atomic E-state index is 0.357. The van der Waals surface area contributed by atoms with Gasteiger partial charge in [0.05, 0.1) is 19.3 Å². The Morgan fingerprint density at radius 1 is 1.41 bits per heavy atom. The van der Waals surface area contributed by atoms with Crippen LogP contribution in [-0.4, -0.2) is 44.2 Å². The molecular weight excluding hydrogens is 358 g/mol. The number of nitrogens with one attached hydrogen (secondary N) is 2. The molecule has 0 aliphatic carbocycles. The third-order valence-electron chi connectivity index (χ3n) is 4.88. The van der Waals surface area contributed by atoms with Crippen LogP contribution < -0.4 is 20.3 Å². The summed E-state index contributed by atoms with van der Waals surface area (Å²) in [4.78, 5) is 12.7. The molecule has 0 bridgehead atoms. The summed E-state index contributed by atoms with van der Waals surface area (Å²) in [5.41, 5.74) is 2.32. The number of piperidine rings is 1. The number of thiazole rings is 1. The second-order valence-corrected chi connectivity index (χ2v) is 8.09. The van der Waals surface area contributed by atoms with E-state index in [9.17, 15) is 0 Å². The zero-order chi connectivity index (χ0) is 19.2. The smallest absolute Gasteiger partial charge is 0.191 e. The molecule has 6 nitrogen and oxygen atoms in total. The fourth-order valence-corrected chi connectivity index (χ4v) is 4.17. The van der Waals surface area contributed by atoms with Crippen LogP contribution in [-0.2, 0) is 6.54 Å². The predicted molar refractivity (Wildman–Crippen MR) is 113 cm³/mol. The molecule has 0 radical (unpaired) electrons. The SMILES string of the molecule is CN=C(NCc1nc(C)c(C)s1)NC1CCCN(c2cccc(OC)c2)C1. The van der Waals surface area contributed by atoms with E-state index in [1.54, 1.807) is 18.4 Å². The van der Waals surface area contributed by atoms with Crippen molar-refractivity contribution in [2.24, 2.45) is 4.99 Å². The first-order chi connectivity index (χ1) is 13.1. The van der Waals surface area contributed by atoms with Gasteiger partial charge in [-0.15, -0.1) is 11.3 Å². The number of guanidine groups is 1. The number of benzene rings is 1. The highest BCUT2D eigenvalue weighted by Crippen LogP contribution is 2.24. The monoisotopic (exact) mass is 387 g/mol. The van der Waals surface area contributed by atoms with Crippen LogP contribution in [0.25, 0.3) is 0 Å². The van der Waals surface area contributed by atoms with Gasteiger partial charge in [0.15, 0.2) is 5.96 Å². The number of methoxy groups -OCH3 is 1. The second-order valence-electron chi connectivity index (χ2n) is 6.81. The molecule has 1 atom stereocenters. The van der Waals surface area contributed by atoms with Crippen LogP contribution in [0.1, 0.15) is 28.4 Å². The topological polar surface area (TPSA) is 61.8 Å². The van der Waals surface area contributed by atoms with Gasteiger partial charge < -0.3 is 20.3 Å². The summed E-state index contributed by atoms with van der Waals surface area (Å²) in [6.45, 7) is 6.88. The normalized spacial score (nSPS) is 17.7. The molecule has 1 aromatic heterocycles. The van der Waals surface area contributed by atoms with E-state index in [1.807, 2.05) is 19.2 Å². The molecule has 146 valence electrons. The molecule has 1 unspecified atom stereocenters. The van der Waals surface area contributed by atoms with Gasteiger partial charge in [-0.2, -0.15) is 0 Å². The lowest BCUT2D eigenvalue weighted by Gasteiger charge is -2.35. The maximum atomic E-state index is 5.36. The molecule has 0 amide bonds. The highest BCUT2D eigenvalue weighted by atomic mass is 32.1. The maximum absolute atomic E-state index is 5.36. The Bertz CT molecular complexity index is 769. The lowest BCUT2D eigenvalue weighted by molar-refractivity contribution is 0.414. The lowest BCUT2D eigenvalue weighted by atomic mass is 10.0. The standard InChI is InChI=1S/C20H29N5OS/c1-14-15(2)27-19(23-14)12-22-20(21-3)24-16-7-6-10-25(13-16)17-8-5-9-18(11-17)26-4/h5,8-9,11,16H,6-7,10,12-13H2,1-4H3,(H2,21,22,24). The fraction of sp³-hybridized carbons (Fsp3) is 0.500. The van der Waals surface area contributed by atoms with E-state index in [-0.39, 0.29) is 0 Å². The number of ether oxygens (including phenoxy) is 1. The number of rotatable bonds is 5. The van der Waals surface area contributed by atoms with Crippen LogP contribution in [0.4, 0.5) is 5.69 Å². The Hall–Kier alpha value is -2.28. The van der Waals surface area contributed by atoms with Gasteiger partial charge in [-0.05, 0) is 38.8 Å². The van der Waals surface area contributed by atoms with Gasteiger partial charge in [0.2, 0.25) is 0 Å². The van der Waals surface area contributed by atoms with Crippen molar-refractivity contribution in [1.82, 2.24) is 15.6 Å². The van der Waals surface area contributed by atoms with Gasteiger partial charge in [-0.1, -0.05) is 6.07 Å². The molecule has 0 saturated carbocycles. The number of hydrogen-bond acceptors (Lipinski definition) is 5. The van der Waals surface area contributed by atoms with Gasteiger partial charge >= 0.3 is 0 Å². The lowest BCUT2D eigenvalue weighted by Crippen LogP contribution is -2.51. The summed E-state index contributed by atoms with van der Waals surface area (Å²) in [7, 11) is 3.52. The molecule has 2 heterocycles. The molecule has 2 N–H and O–H groups in total. The molecule has 1 saturated heterocycles. The molecule has 1 aliphatic rings.